The lowest BCUT2D eigenvalue weighted by molar-refractivity contribution is -0.147. The lowest BCUT2D eigenvalue weighted by Gasteiger charge is -2.51. The van der Waals surface area contributed by atoms with Gasteiger partial charge in [-0.3, -0.25) is 14.5 Å². The van der Waals surface area contributed by atoms with Gasteiger partial charge in [0.05, 0.1) is 12.6 Å². The average molecular weight is 380 g/mol. The summed E-state index contributed by atoms with van der Waals surface area (Å²) in [6.07, 6.45) is 9.07. The van der Waals surface area contributed by atoms with E-state index in [4.69, 9.17) is 0 Å². The molecule has 2 heterocycles. The third-order valence-corrected chi connectivity index (χ3v) is 6.95. The average Bonchev–Trinajstić information content (AvgIpc) is 2.94. The van der Waals surface area contributed by atoms with Crippen molar-refractivity contribution in [3.8, 4) is 0 Å². The van der Waals surface area contributed by atoms with Crippen molar-refractivity contribution in [3.63, 3.8) is 0 Å². The molecule has 3 fully saturated rings. The Kier molecular flexibility index (Phi) is 6.79. The fourth-order valence-corrected chi connectivity index (χ4v) is 5.24. The summed E-state index contributed by atoms with van der Waals surface area (Å²) in [5, 5.41) is 10.8. The molecule has 2 aliphatic heterocycles. The molecule has 3 aliphatic rings. The number of rotatable bonds is 3. The molecule has 1 saturated carbocycles. The molecule has 0 bridgehead atoms. The Labute approximate surface area is 163 Å². The molecule has 0 unspecified atom stereocenters. The molecular formula is C21H37N3O3. The number of hydrogen-bond donors (Lipinski definition) is 1. The van der Waals surface area contributed by atoms with Crippen LogP contribution in [0.15, 0.2) is 0 Å². The highest BCUT2D eigenvalue weighted by Crippen LogP contribution is 2.39. The van der Waals surface area contributed by atoms with Gasteiger partial charge in [-0.15, -0.1) is 0 Å². The summed E-state index contributed by atoms with van der Waals surface area (Å²) in [7, 11) is 3.56. The largest absolute Gasteiger partial charge is 0.392 e. The highest BCUT2D eigenvalue weighted by Gasteiger charge is 2.47. The predicted octanol–water partition coefficient (Wildman–Crippen LogP) is 1.72. The highest BCUT2D eigenvalue weighted by atomic mass is 16.3. The van der Waals surface area contributed by atoms with Crippen molar-refractivity contribution in [2.75, 3.05) is 46.8 Å². The monoisotopic (exact) mass is 379 g/mol. The first-order valence-corrected chi connectivity index (χ1v) is 10.8. The van der Waals surface area contributed by atoms with Crippen LogP contribution in [0, 0.1) is 11.3 Å². The number of amides is 2. The summed E-state index contributed by atoms with van der Waals surface area (Å²) < 4.78 is 0. The second kappa shape index (κ2) is 8.91. The number of likely N-dealkylation sites (tertiary alicyclic amines) is 2. The van der Waals surface area contributed by atoms with Crippen LogP contribution in [0.4, 0.5) is 0 Å². The lowest BCUT2D eigenvalue weighted by atomic mass is 9.71. The molecule has 0 radical (unpaired) electrons. The number of piperidine rings is 2. The zero-order chi connectivity index (χ0) is 19.4. The quantitative estimate of drug-likeness (QED) is 0.759. The van der Waals surface area contributed by atoms with Crippen LogP contribution in [0.1, 0.15) is 57.8 Å². The maximum absolute atomic E-state index is 13.2. The maximum atomic E-state index is 13.2. The molecule has 154 valence electrons. The number of hydrogen-bond acceptors (Lipinski definition) is 4. The van der Waals surface area contributed by atoms with Crippen molar-refractivity contribution in [2.45, 2.75) is 63.9 Å². The number of carbonyl (C=O) groups is 2. The third kappa shape index (κ3) is 4.83. The van der Waals surface area contributed by atoms with Crippen LogP contribution in [-0.4, -0.2) is 84.5 Å². The first-order valence-electron chi connectivity index (χ1n) is 10.8. The number of carbonyl (C=O) groups excluding carboxylic acids is 2. The molecular weight excluding hydrogens is 342 g/mol. The van der Waals surface area contributed by atoms with Crippen molar-refractivity contribution in [1.29, 1.82) is 0 Å². The predicted molar refractivity (Wildman–Crippen MR) is 105 cm³/mol. The minimum absolute atomic E-state index is 0.101. The van der Waals surface area contributed by atoms with E-state index < -0.39 is 0 Å². The maximum Gasteiger partial charge on any atom is 0.236 e. The fraction of sp³-hybridized carbons (Fsp3) is 0.905. The lowest BCUT2D eigenvalue weighted by Crippen LogP contribution is -2.61. The Hall–Kier alpha value is -1.14. The third-order valence-electron chi connectivity index (χ3n) is 6.95. The van der Waals surface area contributed by atoms with Crippen molar-refractivity contribution in [2.24, 2.45) is 11.3 Å². The zero-order valence-corrected chi connectivity index (χ0v) is 17.2. The molecule has 0 aromatic heterocycles. The Balaban J connectivity index is 1.66. The molecule has 2 atom stereocenters. The first-order chi connectivity index (χ1) is 12.9. The second-order valence-electron chi connectivity index (χ2n) is 9.22. The van der Waals surface area contributed by atoms with Crippen molar-refractivity contribution >= 4 is 11.8 Å². The molecule has 27 heavy (non-hydrogen) atoms. The van der Waals surface area contributed by atoms with Crippen LogP contribution in [-0.2, 0) is 9.59 Å². The van der Waals surface area contributed by atoms with Gasteiger partial charge in [0.2, 0.25) is 11.8 Å². The van der Waals surface area contributed by atoms with Crippen molar-refractivity contribution in [1.82, 2.24) is 14.7 Å². The van der Waals surface area contributed by atoms with E-state index in [9.17, 15) is 14.7 Å². The van der Waals surface area contributed by atoms with Gasteiger partial charge in [-0.25, -0.2) is 0 Å². The summed E-state index contributed by atoms with van der Waals surface area (Å²) in [4.78, 5) is 31.1. The normalized spacial score (nSPS) is 30.9. The van der Waals surface area contributed by atoms with E-state index in [1.807, 2.05) is 4.90 Å². The first kappa shape index (κ1) is 20.6. The summed E-state index contributed by atoms with van der Waals surface area (Å²) in [6.45, 7) is 3.33. The number of aliphatic hydroxyl groups excluding tert-OH is 1. The molecule has 1 spiro atoms. The molecule has 1 aliphatic carbocycles. The minimum Gasteiger partial charge on any atom is -0.392 e. The molecule has 6 heteroatoms. The Morgan fingerprint density at radius 1 is 1.00 bits per heavy atom. The zero-order valence-electron chi connectivity index (χ0n) is 17.2. The van der Waals surface area contributed by atoms with Gasteiger partial charge >= 0.3 is 0 Å². The van der Waals surface area contributed by atoms with E-state index >= 15 is 0 Å². The summed E-state index contributed by atoms with van der Waals surface area (Å²) >= 11 is 0. The molecule has 6 nitrogen and oxygen atoms in total. The van der Waals surface area contributed by atoms with Gasteiger partial charge in [-0.2, -0.15) is 0 Å². The molecule has 3 rings (SSSR count). The summed E-state index contributed by atoms with van der Waals surface area (Å²) in [5.74, 6) is 0.586. The van der Waals surface area contributed by atoms with E-state index in [2.05, 4.69) is 4.90 Å². The van der Waals surface area contributed by atoms with Crippen molar-refractivity contribution < 1.29 is 14.7 Å². The molecule has 0 aromatic carbocycles. The summed E-state index contributed by atoms with van der Waals surface area (Å²) in [6, 6.07) is 0. The van der Waals surface area contributed by atoms with E-state index in [0.717, 1.165) is 38.8 Å². The Bertz CT molecular complexity index is 531. The van der Waals surface area contributed by atoms with E-state index in [1.165, 1.54) is 25.7 Å². The van der Waals surface area contributed by atoms with Gasteiger partial charge < -0.3 is 14.9 Å². The number of aliphatic hydroxyl groups is 1. The standard InChI is InChI=1S/C21H37N3O3/c1-22(2)19(26)14-23-13-10-18(25)21(15-23)11-7-12-24(16-21)20(27)17-8-5-3-4-6-9-17/h17-18,25H,3-16H2,1-2H3/t18-,21-/m1/s1. The van der Waals surface area contributed by atoms with Gasteiger partial charge in [0.1, 0.15) is 0 Å². The van der Waals surface area contributed by atoms with Crippen LogP contribution in [0.3, 0.4) is 0 Å². The van der Waals surface area contributed by atoms with Crippen LogP contribution in [0.2, 0.25) is 0 Å². The van der Waals surface area contributed by atoms with Gasteiger partial charge in [0.25, 0.3) is 0 Å². The van der Waals surface area contributed by atoms with Gasteiger partial charge in [0.15, 0.2) is 0 Å². The fourth-order valence-electron chi connectivity index (χ4n) is 5.24. The minimum atomic E-state index is -0.382. The number of likely N-dealkylation sites (N-methyl/N-ethyl adjacent to an activating group) is 1. The van der Waals surface area contributed by atoms with Gasteiger partial charge in [-0.1, -0.05) is 25.7 Å². The van der Waals surface area contributed by atoms with Crippen molar-refractivity contribution in [3.05, 3.63) is 0 Å². The topological polar surface area (TPSA) is 64.1 Å². The second-order valence-corrected chi connectivity index (χ2v) is 9.22. The number of nitrogens with zero attached hydrogens (tertiary/aromatic N) is 3. The van der Waals surface area contributed by atoms with Crippen LogP contribution in [0.5, 0.6) is 0 Å². The van der Waals surface area contributed by atoms with Crippen LogP contribution >= 0.6 is 0 Å². The van der Waals surface area contributed by atoms with E-state index in [1.54, 1.807) is 19.0 Å². The molecule has 2 amide bonds. The van der Waals surface area contributed by atoms with Crippen LogP contribution in [0.25, 0.3) is 0 Å². The van der Waals surface area contributed by atoms with E-state index in [0.29, 0.717) is 32.0 Å². The Morgan fingerprint density at radius 2 is 1.70 bits per heavy atom. The van der Waals surface area contributed by atoms with Gasteiger partial charge in [0, 0.05) is 51.6 Å². The van der Waals surface area contributed by atoms with Crippen LogP contribution < -0.4 is 0 Å². The smallest absolute Gasteiger partial charge is 0.236 e. The highest BCUT2D eigenvalue weighted by molar-refractivity contribution is 5.79. The van der Waals surface area contributed by atoms with Gasteiger partial charge in [-0.05, 0) is 32.1 Å². The van der Waals surface area contributed by atoms with E-state index in [-0.39, 0.29) is 23.3 Å². The molecule has 2 saturated heterocycles. The summed E-state index contributed by atoms with van der Waals surface area (Å²) in [5.41, 5.74) is -0.274. The SMILES string of the molecule is CN(C)C(=O)CN1CC[C@@H](O)[C@]2(CCCN(C(=O)C3CCCCCC3)C2)C1. The molecule has 1 N–H and O–H groups in total. The Morgan fingerprint density at radius 3 is 2.37 bits per heavy atom. The molecule has 0 aromatic rings.